The standard InChI is InChI=1S/C12H21O5P/c1-6-9-15-12(13)18(14,16-10(4)7-2)17-11(5)8-3/h1,10-11H,7-9H2,2-5H3. The molecule has 0 aromatic heterocycles. The van der Waals surface area contributed by atoms with Crippen molar-refractivity contribution < 1.29 is 23.1 Å². The van der Waals surface area contributed by atoms with Crippen LogP contribution in [0.25, 0.3) is 0 Å². The Balaban J connectivity index is 4.85. The molecule has 0 N–H and O–H groups in total. The quantitative estimate of drug-likeness (QED) is 0.501. The van der Waals surface area contributed by atoms with Gasteiger partial charge in [0.25, 0.3) is 0 Å². The van der Waals surface area contributed by atoms with Gasteiger partial charge >= 0.3 is 13.3 Å². The van der Waals surface area contributed by atoms with Crippen molar-refractivity contribution in [3.8, 4) is 12.3 Å². The van der Waals surface area contributed by atoms with Crippen LogP contribution < -0.4 is 0 Å². The van der Waals surface area contributed by atoms with Gasteiger partial charge in [-0.05, 0) is 26.7 Å². The van der Waals surface area contributed by atoms with Crippen LogP contribution in [0.3, 0.4) is 0 Å². The molecule has 0 heterocycles. The minimum atomic E-state index is -3.94. The van der Waals surface area contributed by atoms with Crippen LogP contribution in [0.15, 0.2) is 0 Å². The summed E-state index contributed by atoms with van der Waals surface area (Å²) in [5.41, 5.74) is -1.03. The second kappa shape index (κ2) is 8.31. The molecule has 0 saturated carbocycles. The highest BCUT2D eigenvalue weighted by atomic mass is 31.2. The van der Waals surface area contributed by atoms with Gasteiger partial charge < -0.3 is 4.74 Å². The first-order chi connectivity index (χ1) is 8.39. The van der Waals surface area contributed by atoms with Gasteiger partial charge in [0.2, 0.25) is 0 Å². The zero-order chi connectivity index (χ0) is 14.2. The lowest BCUT2D eigenvalue weighted by molar-refractivity contribution is 0.110. The molecule has 0 radical (unpaired) electrons. The first-order valence-corrected chi connectivity index (χ1v) is 7.51. The molecule has 0 rings (SSSR count). The lowest BCUT2D eigenvalue weighted by Crippen LogP contribution is -2.17. The average molecular weight is 276 g/mol. The third-order valence-electron chi connectivity index (χ3n) is 2.29. The fourth-order valence-electron chi connectivity index (χ4n) is 0.916. The van der Waals surface area contributed by atoms with E-state index < -0.39 is 13.3 Å². The molecule has 0 bridgehead atoms. The van der Waals surface area contributed by atoms with Crippen LogP contribution in [0.2, 0.25) is 0 Å². The highest BCUT2D eigenvalue weighted by Crippen LogP contribution is 2.52. The third-order valence-corrected chi connectivity index (χ3v) is 4.14. The summed E-state index contributed by atoms with van der Waals surface area (Å²) in [4.78, 5) is 11.7. The number of ether oxygens (including phenoxy) is 1. The molecule has 2 atom stereocenters. The van der Waals surface area contributed by atoms with Crippen molar-refractivity contribution in [3.05, 3.63) is 0 Å². The van der Waals surface area contributed by atoms with E-state index in [0.717, 1.165) is 0 Å². The van der Waals surface area contributed by atoms with E-state index in [-0.39, 0.29) is 18.8 Å². The first-order valence-electron chi connectivity index (χ1n) is 5.97. The Hall–Kier alpha value is -0.820. The molecule has 0 aromatic rings. The molecule has 6 heteroatoms. The maximum Gasteiger partial charge on any atom is 0.438 e. The SMILES string of the molecule is C#CCOC(=O)P(=O)(OC(C)CC)OC(C)CC. The van der Waals surface area contributed by atoms with Crippen LogP contribution in [0.1, 0.15) is 40.5 Å². The van der Waals surface area contributed by atoms with E-state index in [9.17, 15) is 9.36 Å². The zero-order valence-corrected chi connectivity index (χ0v) is 12.2. The van der Waals surface area contributed by atoms with E-state index in [4.69, 9.17) is 15.5 Å². The summed E-state index contributed by atoms with van der Waals surface area (Å²) >= 11 is 0. The van der Waals surface area contributed by atoms with Crippen molar-refractivity contribution >= 4 is 13.3 Å². The molecular formula is C12H21O5P. The summed E-state index contributed by atoms with van der Waals surface area (Å²) in [6, 6.07) is 0. The van der Waals surface area contributed by atoms with Crippen molar-refractivity contribution in [1.82, 2.24) is 0 Å². The molecule has 104 valence electrons. The fourth-order valence-corrected chi connectivity index (χ4v) is 2.61. The van der Waals surface area contributed by atoms with Gasteiger partial charge in [0.05, 0.1) is 12.2 Å². The lowest BCUT2D eigenvalue weighted by Gasteiger charge is -2.22. The van der Waals surface area contributed by atoms with Gasteiger partial charge in [-0.3, -0.25) is 9.05 Å². The molecule has 0 aliphatic carbocycles. The average Bonchev–Trinajstić information content (AvgIpc) is 2.35. The zero-order valence-electron chi connectivity index (χ0n) is 11.3. The van der Waals surface area contributed by atoms with Gasteiger partial charge in [0.15, 0.2) is 6.61 Å². The molecule has 0 amide bonds. The Kier molecular flexibility index (Phi) is 7.93. The maximum atomic E-state index is 12.4. The van der Waals surface area contributed by atoms with E-state index in [1.165, 1.54) is 0 Å². The molecule has 0 aliphatic heterocycles. The maximum absolute atomic E-state index is 12.4. The van der Waals surface area contributed by atoms with Crippen LogP contribution in [-0.2, 0) is 18.3 Å². The minimum absolute atomic E-state index is 0.253. The molecule has 0 aromatic carbocycles. The summed E-state index contributed by atoms with van der Waals surface area (Å²) < 4.78 is 27.4. The summed E-state index contributed by atoms with van der Waals surface area (Å²) in [7, 11) is -3.94. The normalized spacial score (nSPS) is 17.3. The third kappa shape index (κ3) is 5.68. The molecule has 0 spiro atoms. The van der Waals surface area contributed by atoms with Gasteiger partial charge in [0, 0.05) is 0 Å². The Morgan fingerprint density at radius 1 is 1.22 bits per heavy atom. The minimum Gasteiger partial charge on any atom is -0.443 e. The lowest BCUT2D eigenvalue weighted by atomic mass is 10.3. The molecular weight excluding hydrogens is 255 g/mol. The van der Waals surface area contributed by atoms with Crippen LogP contribution >= 0.6 is 7.60 Å². The highest BCUT2D eigenvalue weighted by Gasteiger charge is 2.39. The van der Waals surface area contributed by atoms with Crippen LogP contribution in [-0.4, -0.2) is 24.5 Å². The molecule has 0 saturated heterocycles. The Bertz CT molecular complexity index is 331. The van der Waals surface area contributed by atoms with Crippen molar-refractivity contribution in [2.24, 2.45) is 0 Å². The molecule has 5 nitrogen and oxygen atoms in total. The Morgan fingerprint density at radius 2 is 1.67 bits per heavy atom. The van der Waals surface area contributed by atoms with Gasteiger partial charge in [-0.15, -0.1) is 6.42 Å². The Labute approximate surface area is 109 Å². The van der Waals surface area contributed by atoms with E-state index in [2.05, 4.69) is 10.7 Å². The van der Waals surface area contributed by atoms with Crippen molar-refractivity contribution in [2.75, 3.05) is 6.61 Å². The van der Waals surface area contributed by atoms with Crippen molar-refractivity contribution in [1.29, 1.82) is 0 Å². The smallest absolute Gasteiger partial charge is 0.438 e. The first kappa shape index (κ1) is 17.2. The summed E-state index contributed by atoms with van der Waals surface area (Å²) in [5, 5.41) is 0. The predicted octanol–water partition coefficient (Wildman–Crippen LogP) is 3.58. The summed E-state index contributed by atoms with van der Waals surface area (Å²) in [6.45, 7) is 6.87. The van der Waals surface area contributed by atoms with Crippen LogP contribution in [0.5, 0.6) is 0 Å². The molecule has 2 unspecified atom stereocenters. The second-order valence-corrected chi connectivity index (χ2v) is 5.69. The van der Waals surface area contributed by atoms with E-state index in [1.807, 2.05) is 13.8 Å². The summed E-state index contributed by atoms with van der Waals surface area (Å²) in [5.74, 6) is 2.13. The predicted molar refractivity (Wildman–Crippen MR) is 69.5 cm³/mol. The monoisotopic (exact) mass is 276 g/mol. The van der Waals surface area contributed by atoms with Crippen LogP contribution in [0, 0.1) is 12.3 Å². The Morgan fingerprint density at radius 3 is 2.00 bits per heavy atom. The van der Waals surface area contributed by atoms with Crippen molar-refractivity contribution in [2.45, 2.75) is 52.7 Å². The van der Waals surface area contributed by atoms with Gasteiger partial charge in [-0.1, -0.05) is 19.8 Å². The number of carbonyl (C=O) groups excluding carboxylic acids is 1. The van der Waals surface area contributed by atoms with E-state index >= 15 is 0 Å². The molecule has 0 aliphatic rings. The fraction of sp³-hybridized carbons (Fsp3) is 0.750. The van der Waals surface area contributed by atoms with Crippen LogP contribution in [0.4, 0.5) is 4.79 Å². The van der Waals surface area contributed by atoms with E-state index in [0.29, 0.717) is 12.8 Å². The number of terminal acetylenes is 1. The number of carbonyl (C=O) groups is 1. The number of hydrogen-bond donors (Lipinski definition) is 0. The molecule has 18 heavy (non-hydrogen) atoms. The van der Waals surface area contributed by atoms with Crippen molar-refractivity contribution in [3.63, 3.8) is 0 Å². The second-order valence-electron chi connectivity index (χ2n) is 3.90. The van der Waals surface area contributed by atoms with E-state index in [1.54, 1.807) is 13.8 Å². The topological polar surface area (TPSA) is 61.8 Å². The largest absolute Gasteiger partial charge is 0.443 e. The highest BCUT2D eigenvalue weighted by molar-refractivity contribution is 7.71. The molecule has 0 fully saturated rings. The van der Waals surface area contributed by atoms with Gasteiger partial charge in [0.1, 0.15) is 0 Å². The van der Waals surface area contributed by atoms with Gasteiger partial charge in [-0.2, -0.15) is 0 Å². The summed E-state index contributed by atoms with van der Waals surface area (Å²) in [6.07, 6.45) is 5.47. The van der Waals surface area contributed by atoms with Gasteiger partial charge in [-0.25, -0.2) is 9.36 Å². The number of rotatable bonds is 8. The number of hydrogen-bond acceptors (Lipinski definition) is 5.